The Morgan fingerprint density at radius 2 is 1.72 bits per heavy atom. The van der Waals surface area contributed by atoms with Crippen LogP contribution in [0.1, 0.15) is 18.5 Å². The van der Waals surface area contributed by atoms with E-state index >= 15 is 0 Å². The summed E-state index contributed by atoms with van der Waals surface area (Å²) in [6.07, 6.45) is 2.78. The van der Waals surface area contributed by atoms with Crippen molar-refractivity contribution < 1.29 is 13.2 Å². The number of rotatable bonds is 5. The normalized spacial score (nSPS) is 17.2. The number of hydrogen-bond donors (Lipinski definition) is 1. The first-order chi connectivity index (χ1) is 11.9. The standard InChI is InChI=1S/C18H23N3O3S/c1-14(21-9-11-24-12-10-21)15-3-5-16(6-4-15)17-7-8-18(19-13-17)20-25(2,22)23/h3-8,13-14H,9-12H2,1-2H3,(H,19,20)/t14-/m1/s1. The Morgan fingerprint density at radius 3 is 2.28 bits per heavy atom. The second kappa shape index (κ2) is 7.51. The number of nitrogens with zero attached hydrogens (tertiary/aromatic N) is 2. The summed E-state index contributed by atoms with van der Waals surface area (Å²) < 4.78 is 30.2. The monoisotopic (exact) mass is 361 g/mol. The second-order valence-electron chi connectivity index (χ2n) is 6.25. The van der Waals surface area contributed by atoms with Gasteiger partial charge in [0.05, 0.1) is 19.5 Å². The van der Waals surface area contributed by atoms with Crippen LogP contribution < -0.4 is 4.72 Å². The highest BCUT2D eigenvalue weighted by Crippen LogP contribution is 2.25. The zero-order chi connectivity index (χ0) is 17.9. The summed E-state index contributed by atoms with van der Waals surface area (Å²) in [6, 6.07) is 12.3. The third kappa shape index (κ3) is 4.78. The lowest BCUT2D eigenvalue weighted by molar-refractivity contribution is 0.0198. The van der Waals surface area contributed by atoms with Crippen molar-refractivity contribution in [3.63, 3.8) is 0 Å². The molecule has 0 radical (unpaired) electrons. The first-order valence-electron chi connectivity index (χ1n) is 8.28. The molecule has 1 fully saturated rings. The Kier molecular flexibility index (Phi) is 5.36. The van der Waals surface area contributed by atoms with E-state index in [0.717, 1.165) is 43.7 Å². The van der Waals surface area contributed by atoms with Crippen LogP contribution in [-0.2, 0) is 14.8 Å². The molecule has 0 bridgehead atoms. The van der Waals surface area contributed by atoms with Crippen molar-refractivity contribution in [1.82, 2.24) is 9.88 Å². The number of sulfonamides is 1. The van der Waals surface area contributed by atoms with Gasteiger partial charge in [-0.1, -0.05) is 24.3 Å². The fourth-order valence-electron chi connectivity index (χ4n) is 2.94. The van der Waals surface area contributed by atoms with Gasteiger partial charge in [-0.15, -0.1) is 0 Å². The highest BCUT2D eigenvalue weighted by Gasteiger charge is 2.18. The molecule has 1 saturated heterocycles. The van der Waals surface area contributed by atoms with E-state index in [1.54, 1.807) is 12.3 Å². The van der Waals surface area contributed by atoms with Gasteiger partial charge >= 0.3 is 0 Å². The molecular formula is C18H23N3O3S. The van der Waals surface area contributed by atoms with Crippen molar-refractivity contribution in [1.29, 1.82) is 0 Å². The van der Waals surface area contributed by atoms with Crippen LogP contribution in [0.15, 0.2) is 42.6 Å². The summed E-state index contributed by atoms with van der Waals surface area (Å²) in [7, 11) is -3.31. The lowest BCUT2D eigenvalue weighted by Gasteiger charge is -2.32. The van der Waals surface area contributed by atoms with Crippen LogP contribution in [0.2, 0.25) is 0 Å². The van der Waals surface area contributed by atoms with Crippen molar-refractivity contribution in [2.75, 3.05) is 37.3 Å². The molecule has 0 aliphatic carbocycles. The molecular weight excluding hydrogens is 338 g/mol. The van der Waals surface area contributed by atoms with Gasteiger partial charge in [0.1, 0.15) is 5.82 Å². The van der Waals surface area contributed by atoms with Crippen LogP contribution in [-0.4, -0.2) is 50.9 Å². The van der Waals surface area contributed by atoms with Crippen molar-refractivity contribution in [2.45, 2.75) is 13.0 Å². The topological polar surface area (TPSA) is 71.5 Å². The molecule has 1 aromatic carbocycles. The number of benzene rings is 1. The molecule has 3 rings (SSSR count). The van der Waals surface area contributed by atoms with Crippen LogP contribution >= 0.6 is 0 Å². The van der Waals surface area contributed by atoms with Gasteiger partial charge in [0.25, 0.3) is 0 Å². The molecule has 0 spiro atoms. The van der Waals surface area contributed by atoms with Gasteiger partial charge in [0.2, 0.25) is 10.0 Å². The molecule has 2 heterocycles. The van der Waals surface area contributed by atoms with Gasteiger partial charge in [-0.3, -0.25) is 9.62 Å². The van der Waals surface area contributed by atoms with Crippen molar-refractivity contribution in [3.8, 4) is 11.1 Å². The average Bonchev–Trinajstić information content (AvgIpc) is 2.61. The van der Waals surface area contributed by atoms with Crippen LogP contribution in [0.4, 0.5) is 5.82 Å². The molecule has 7 heteroatoms. The summed E-state index contributed by atoms with van der Waals surface area (Å²) in [5, 5.41) is 0. The molecule has 1 aliphatic rings. The smallest absolute Gasteiger partial charge is 0.230 e. The maximum absolute atomic E-state index is 11.2. The fourth-order valence-corrected chi connectivity index (χ4v) is 3.45. The predicted molar refractivity (Wildman–Crippen MR) is 98.9 cm³/mol. The molecule has 1 aliphatic heterocycles. The SMILES string of the molecule is C[C@H](c1ccc(-c2ccc(NS(C)(=O)=O)nc2)cc1)N1CCOCC1. The van der Waals surface area contributed by atoms with Crippen molar-refractivity contribution in [2.24, 2.45) is 0 Å². The van der Waals surface area contributed by atoms with E-state index in [0.29, 0.717) is 11.9 Å². The van der Waals surface area contributed by atoms with Gasteiger partial charge in [0, 0.05) is 30.9 Å². The van der Waals surface area contributed by atoms with Crippen molar-refractivity contribution >= 4 is 15.8 Å². The number of anilines is 1. The van der Waals surface area contributed by atoms with E-state index in [2.05, 4.69) is 45.8 Å². The Labute approximate surface area is 148 Å². The third-order valence-corrected chi connectivity index (χ3v) is 4.95. The number of pyridine rings is 1. The minimum Gasteiger partial charge on any atom is -0.379 e. The van der Waals surface area contributed by atoms with Crippen LogP contribution in [0, 0.1) is 0 Å². The molecule has 134 valence electrons. The summed E-state index contributed by atoms with van der Waals surface area (Å²) in [6.45, 7) is 5.72. The minimum atomic E-state index is -3.31. The van der Waals surface area contributed by atoms with Gasteiger partial charge < -0.3 is 4.74 Å². The minimum absolute atomic E-state index is 0.323. The number of hydrogen-bond acceptors (Lipinski definition) is 5. The first-order valence-corrected chi connectivity index (χ1v) is 10.2. The quantitative estimate of drug-likeness (QED) is 0.886. The molecule has 0 amide bonds. The van der Waals surface area contributed by atoms with Crippen LogP contribution in [0.3, 0.4) is 0 Å². The Bertz CT molecular complexity index is 798. The number of morpholine rings is 1. The van der Waals surface area contributed by atoms with E-state index in [1.807, 2.05) is 6.07 Å². The van der Waals surface area contributed by atoms with E-state index < -0.39 is 10.0 Å². The highest BCUT2D eigenvalue weighted by molar-refractivity contribution is 7.92. The first kappa shape index (κ1) is 17.8. The summed E-state index contributed by atoms with van der Waals surface area (Å²) in [4.78, 5) is 6.58. The lowest BCUT2D eigenvalue weighted by Crippen LogP contribution is -2.37. The second-order valence-corrected chi connectivity index (χ2v) is 8.00. The van der Waals surface area contributed by atoms with Crippen molar-refractivity contribution in [3.05, 3.63) is 48.2 Å². The van der Waals surface area contributed by atoms with E-state index in [1.165, 1.54) is 5.56 Å². The fraction of sp³-hybridized carbons (Fsp3) is 0.389. The Balaban J connectivity index is 1.71. The maximum Gasteiger partial charge on any atom is 0.230 e. The molecule has 0 unspecified atom stereocenters. The van der Waals surface area contributed by atoms with Gasteiger partial charge in [-0.25, -0.2) is 13.4 Å². The summed E-state index contributed by atoms with van der Waals surface area (Å²) >= 11 is 0. The summed E-state index contributed by atoms with van der Waals surface area (Å²) in [5.41, 5.74) is 3.27. The van der Waals surface area contributed by atoms with Crippen LogP contribution in [0.5, 0.6) is 0 Å². The molecule has 6 nitrogen and oxygen atoms in total. The Hall–Kier alpha value is -1.96. The van der Waals surface area contributed by atoms with Crippen LogP contribution in [0.25, 0.3) is 11.1 Å². The number of ether oxygens (including phenoxy) is 1. The zero-order valence-corrected chi connectivity index (χ0v) is 15.3. The van der Waals surface area contributed by atoms with E-state index in [4.69, 9.17) is 4.74 Å². The highest BCUT2D eigenvalue weighted by atomic mass is 32.2. The van der Waals surface area contributed by atoms with E-state index in [9.17, 15) is 8.42 Å². The Morgan fingerprint density at radius 1 is 1.08 bits per heavy atom. The molecule has 2 aromatic rings. The molecule has 25 heavy (non-hydrogen) atoms. The average molecular weight is 361 g/mol. The zero-order valence-electron chi connectivity index (χ0n) is 14.5. The number of nitrogens with one attached hydrogen (secondary N) is 1. The van der Waals surface area contributed by atoms with Gasteiger partial charge in [0.15, 0.2) is 0 Å². The lowest BCUT2D eigenvalue weighted by atomic mass is 10.0. The van der Waals surface area contributed by atoms with Gasteiger partial charge in [-0.05, 0) is 30.2 Å². The molecule has 1 N–H and O–H groups in total. The summed E-state index contributed by atoms with van der Waals surface area (Å²) in [5.74, 6) is 0.323. The van der Waals surface area contributed by atoms with E-state index in [-0.39, 0.29) is 0 Å². The molecule has 1 atom stereocenters. The number of aromatic nitrogens is 1. The third-order valence-electron chi connectivity index (χ3n) is 4.37. The predicted octanol–water partition coefficient (Wildman–Crippen LogP) is 2.51. The maximum atomic E-state index is 11.2. The largest absolute Gasteiger partial charge is 0.379 e. The molecule has 0 saturated carbocycles. The molecule has 1 aromatic heterocycles. The van der Waals surface area contributed by atoms with Gasteiger partial charge in [-0.2, -0.15) is 0 Å².